The van der Waals surface area contributed by atoms with Gasteiger partial charge in [0.05, 0.1) is 12.4 Å². The molecule has 0 aromatic carbocycles. The zero-order chi connectivity index (χ0) is 25.0. The van der Waals surface area contributed by atoms with Crippen LogP contribution in [0.25, 0.3) is 0 Å². The van der Waals surface area contributed by atoms with Gasteiger partial charge in [0.1, 0.15) is 18.1 Å². The first-order chi connectivity index (χ1) is 15.5. The Hall–Kier alpha value is -3.13. The van der Waals surface area contributed by atoms with E-state index in [2.05, 4.69) is 25.9 Å². The van der Waals surface area contributed by atoms with E-state index < -0.39 is 53.8 Å². The van der Waals surface area contributed by atoms with Gasteiger partial charge in [0.15, 0.2) is 0 Å². The average Bonchev–Trinajstić information content (AvgIpc) is 3.26. The number of carbonyl (C=O) groups excluding carboxylic acids is 3. The average molecular weight is 487 g/mol. The summed E-state index contributed by atoms with van der Waals surface area (Å²) in [6.45, 7) is 1.38. The number of rotatable bonds is 15. The van der Waals surface area contributed by atoms with E-state index in [0.29, 0.717) is 11.4 Å². The van der Waals surface area contributed by atoms with Gasteiger partial charge < -0.3 is 36.9 Å². The molecule has 0 bridgehead atoms. The minimum absolute atomic E-state index is 0.0254. The molecule has 13 nitrogen and oxygen atoms in total. The SMILES string of the molecule is CSCCC(NC(=O)C(N)CCC(=O)O)C(=O)NC(C)C(=O)NC(Cc1cnc[nH]1)C(=O)O. The normalized spacial score (nSPS) is 14.4. The first kappa shape index (κ1) is 27.9. The number of carbonyl (C=O) groups is 5. The molecule has 184 valence electrons. The zero-order valence-electron chi connectivity index (χ0n) is 18.4. The molecule has 0 fully saturated rings. The number of amides is 3. The van der Waals surface area contributed by atoms with Gasteiger partial charge in [0, 0.05) is 24.7 Å². The predicted octanol–water partition coefficient (Wildman–Crippen LogP) is -1.54. The number of aromatic amines is 1. The van der Waals surface area contributed by atoms with E-state index in [-0.39, 0.29) is 25.7 Å². The Bertz CT molecular complexity index is 820. The molecule has 8 N–H and O–H groups in total. The van der Waals surface area contributed by atoms with Crippen molar-refractivity contribution in [3.05, 3.63) is 18.2 Å². The maximum absolute atomic E-state index is 12.7. The summed E-state index contributed by atoms with van der Waals surface area (Å²) in [5.74, 6) is -3.87. The highest BCUT2D eigenvalue weighted by Gasteiger charge is 2.28. The van der Waals surface area contributed by atoms with Crippen LogP contribution in [0.2, 0.25) is 0 Å². The van der Waals surface area contributed by atoms with Gasteiger partial charge >= 0.3 is 11.9 Å². The van der Waals surface area contributed by atoms with Crippen LogP contribution < -0.4 is 21.7 Å². The summed E-state index contributed by atoms with van der Waals surface area (Å²) in [5.41, 5.74) is 6.20. The number of hydrogen-bond acceptors (Lipinski definition) is 8. The third-order valence-electron chi connectivity index (χ3n) is 4.60. The molecule has 0 aliphatic rings. The van der Waals surface area contributed by atoms with E-state index in [1.807, 2.05) is 6.26 Å². The van der Waals surface area contributed by atoms with Crippen LogP contribution in [0.4, 0.5) is 0 Å². The van der Waals surface area contributed by atoms with Gasteiger partial charge in [-0.15, -0.1) is 0 Å². The van der Waals surface area contributed by atoms with Crippen molar-refractivity contribution in [1.82, 2.24) is 25.9 Å². The topological polar surface area (TPSA) is 217 Å². The number of aliphatic carboxylic acids is 2. The van der Waals surface area contributed by atoms with E-state index in [1.54, 1.807) is 0 Å². The minimum Gasteiger partial charge on any atom is -0.481 e. The summed E-state index contributed by atoms with van der Waals surface area (Å²) >= 11 is 1.44. The molecular formula is C19H30N6O7S. The van der Waals surface area contributed by atoms with Crippen LogP contribution in [0.1, 0.15) is 31.9 Å². The number of thioether (sulfide) groups is 1. The van der Waals surface area contributed by atoms with Crippen molar-refractivity contribution >= 4 is 41.4 Å². The first-order valence-corrected chi connectivity index (χ1v) is 11.5. The molecule has 0 spiro atoms. The Kier molecular flexibility index (Phi) is 11.9. The molecule has 4 unspecified atom stereocenters. The summed E-state index contributed by atoms with van der Waals surface area (Å²) in [4.78, 5) is 66.1. The molecule has 1 heterocycles. The molecule has 14 heteroatoms. The van der Waals surface area contributed by atoms with Crippen LogP contribution in [0, 0.1) is 0 Å². The second-order valence-corrected chi connectivity index (χ2v) is 8.28. The summed E-state index contributed by atoms with van der Waals surface area (Å²) in [5, 5.41) is 25.4. The summed E-state index contributed by atoms with van der Waals surface area (Å²) in [7, 11) is 0. The number of nitrogens with one attached hydrogen (secondary N) is 4. The molecule has 33 heavy (non-hydrogen) atoms. The van der Waals surface area contributed by atoms with Gasteiger partial charge in [0.2, 0.25) is 17.7 Å². The van der Waals surface area contributed by atoms with Crippen LogP contribution >= 0.6 is 11.8 Å². The van der Waals surface area contributed by atoms with Crippen molar-refractivity contribution < 1.29 is 34.2 Å². The molecule has 3 amide bonds. The summed E-state index contributed by atoms with van der Waals surface area (Å²) < 4.78 is 0. The van der Waals surface area contributed by atoms with Crippen molar-refractivity contribution in [3.63, 3.8) is 0 Å². The van der Waals surface area contributed by atoms with Crippen LogP contribution in [-0.2, 0) is 30.4 Å². The van der Waals surface area contributed by atoms with E-state index in [9.17, 15) is 29.1 Å². The van der Waals surface area contributed by atoms with Crippen molar-refractivity contribution in [2.45, 2.75) is 56.8 Å². The second-order valence-electron chi connectivity index (χ2n) is 7.29. The van der Waals surface area contributed by atoms with Crippen molar-refractivity contribution in [3.8, 4) is 0 Å². The lowest BCUT2D eigenvalue weighted by atomic mass is 10.1. The number of hydrogen-bond donors (Lipinski definition) is 7. The summed E-state index contributed by atoms with van der Waals surface area (Å²) in [6.07, 6.45) is 4.47. The standard InChI is InChI=1S/C19H30N6O7S/c1-10(16(28)25-14(19(31)32)7-11-8-21-9-22-11)23-18(30)13(5-6-33-2)24-17(29)12(20)3-4-15(26)27/h8-10,12-14H,3-7,20H2,1-2H3,(H,21,22)(H,23,30)(H,24,29)(H,25,28)(H,26,27)(H,31,32). The van der Waals surface area contributed by atoms with Crippen LogP contribution in [-0.4, -0.2) is 86.0 Å². The van der Waals surface area contributed by atoms with Gasteiger partial charge in [-0.2, -0.15) is 11.8 Å². The Balaban J connectivity index is 2.71. The lowest BCUT2D eigenvalue weighted by Gasteiger charge is -2.23. The molecule has 0 aliphatic heterocycles. The highest BCUT2D eigenvalue weighted by atomic mass is 32.2. The molecule has 0 saturated heterocycles. The maximum atomic E-state index is 12.7. The van der Waals surface area contributed by atoms with Gasteiger partial charge in [-0.05, 0) is 31.8 Å². The number of aromatic nitrogens is 2. The van der Waals surface area contributed by atoms with Crippen LogP contribution in [0.3, 0.4) is 0 Å². The Morgan fingerprint density at radius 3 is 2.27 bits per heavy atom. The second kappa shape index (κ2) is 14.1. The van der Waals surface area contributed by atoms with Gasteiger partial charge in [-0.1, -0.05) is 0 Å². The number of imidazole rings is 1. The Morgan fingerprint density at radius 2 is 1.73 bits per heavy atom. The number of carboxylic acids is 2. The summed E-state index contributed by atoms with van der Waals surface area (Å²) in [6, 6.07) is -4.44. The predicted molar refractivity (Wildman–Crippen MR) is 119 cm³/mol. The van der Waals surface area contributed by atoms with E-state index >= 15 is 0 Å². The van der Waals surface area contributed by atoms with Gasteiger partial charge in [-0.3, -0.25) is 19.2 Å². The third-order valence-corrected chi connectivity index (χ3v) is 5.24. The molecule has 1 aromatic rings. The van der Waals surface area contributed by atoms with Gasteiger partial charge in [-0.25, -0.2) is 9.78 Å². The number of carboxylic acid groups (broad SMARTS) is 2. The molecule has 0 saturated carbocycles. The van der Waals surface area contributed by atoms with Crippen molar-refractivity contribution in [2.75, 3.05) is 12.0 Å². The van der Waals surface area contributed by atoms with Crippen molar-refractivity contribution in [1.29, 1.82) is 0 Å². The fourth-order valence-electron chi connectivity index (χ4n) is 2.69. The van der Waals surface area contributed by atoms with E-state index in [1.165, 1.54) is 31.2 Å². The lowest BCUT2D eigenvalue weighted by molar-refractivity contribution is -0.142. The number of nitrogens with zero attached hydrogens (tertiary/aromatic N) is 1. The fourth-order valence-corrected chi connectivity index (χ4v) is 3.16. The molecule has 1 aromatic heterocycles. The maximum Gasteiger partial charge on any atom is 0.326 e. The Morgan fingerprint density at radius 1 is 1.06 bits per heavy atom. The smallest absolute Gasteiger partial charge is 0.326 e. The minimum atomic E-state index is -1.25. The quantitative estimate of drug-likeness (QED) is 0.151. The highest BCUT2D eigenvalue weighted by molar-refractivity contribution is 7.98. The molecular weight excluding hydrogens is 456 g/mol. The monoisotopic (exact) mass is 486 g/mol. The Labute approximate surface area is 194 Å². The molecule has 0 aliphatic carbocycles. The number of nitrogens with two attached hydrogens (primary N) is 1. The van der Waals surface area contributed by atoms with Crippen molar-refractivity contribution in [2.24, 2.45) is 5.73 Å². The van der Waals surface area contributed by atoms with E-state index in [0.717, 1.165) is 0 Å². The molecule has 1 rings (SSSR count). The largest absolute Gasteiger partial charge is 0.481 e. The molecule has 4 atom stereocenters. The van der Waals surface area contributed by atoms with Gasteiger partial charge in [0.25, 0.3) is 0 Å². The first-order valence-electron chi connectivity index (χ1n) is 10.1. The lowest BCUT2D eigenvalue weighted by Crippen LogP contribution is -2.56. The number of H-pyrrole nitrogens is 1. The molecule has 0 radical (unpaired) electrons. The fraction of sp³-hybridized carbons (Fsp3) is 0.579. The van der Waals surface area contributed by atoms with E-state index in [4.69, 9.17) is 10.8 Å². The highest BCUT2D eigenvalue weighted by Crippen LogP contribution is 2.04. The third kappa shape index (κ3) is 10.4. The zero-order valence-corrected chi connectivity index (χ0v) is 19.2. The van der Waals surface area contributed by atoms with Crippen LogP contribution in [0.15, 0.2) is 12.5 Å². The van der Waals surface area contributed by atoms with Crippen LogP contribution in [0.5, 0.6) is 0 Å².